The van der Waals surface area contributed by atoms with Gasteiger partial charge in [-0.05, 0) is 56.2 Å². The second-order valence-corrected chi connectivity index (χ2v) is 7.95. The van der Waals surface area contributed by atoms with E-state index in [4.69, 9.17) is 4.42 Å². The smallest absolute Gasteiger partial charge is 0.252 e. The molecule has 4 aromatic rings. The van der Waals surface area contributed by atoms with Crippen molar-refractivity contribution in [1.82, 2.24) is 15.3 Å². The number of para-hydroxylation sites is 1. The van der Waals surface area contributed by atoms with Crippen molar-refractivity contribution in [1.29, 1.82) is 0 Å². The van der Waals surface area contributed by atoms with Gasteiger partial charge in [0.25, 0.3) is 5.91 Å². The lowest BCUT2D eigenvalue weighted by Crippen LogP contribution is -2.24. The summed E-state index contributed by atoms with van der Waals surface area (Å²) in [5.41, 5.74) is 5.24. The first kappa shape index (κ1) is 22.2. The highest BCUT2D eigenvalue weighted by Gasteiger charge is 2.17. The Balaban J connectivity index is 1.59. The molecule has 0 bridgehead atoms. The van der Waals surface area contributed by atoms with Crippen molar-refractivity contribution in [3.8, 4) is 11.5 Å². The second kappa shape index (κ2) is 9.24. The number of anilines is 1. The average Bonchev–Trinajstić information content (AvgIpc) is 3.16. The third-order valence-electron chi connectivity index (χ3n) is 5.43. The maximum Gasteiger partial charge on any atom is 0.252 e. The minimum atomic E-state index is -0.193. The van der Waals surface area contributed by atoms with Gasteiger partial charge >= 0.3 is 0 Å². The number of aromatic nitrogens is 2. The SMILES string of the molecule is CCc1ccc2nc(C)cc(C(=O)NCc3nc(-c4ccccc4NC(C)=O)oc3C)c2c1. The third-order valence-corrected chi connectivity index (χ3v) is 5.43. The molecule has 0 spiro atoms. The van der Waals surface area contributed by atoms with Crippen molar-refractivity contribution in [2.75, 3.05) is 5.32 Å². The molecule has 0 unspecified atom stereocenters. The zero-order valence-corrected chi connectivity index (χ0v) is 19.2. The molecule has 2 amide bonds. The van der Waals surface area contributed by atoms with E-state index in [2.05, 4.69) is 27.5 Å². The summed E-state index contributed by atoms with van der Waals surface area (Å²) in [6, 6.07) is 15.1. The topological polar surface area (TPSA) is 97.1 Å². The Bertz CT molecular complexity index is 1360. The van der Waals surface area contributed by atoms with Crippen LogP contribution in [0.1, 0.15) is 46.9 Å². The van der Waals surface area contributed by atoms with Crippen LogP contribution in [0, 0.1) is 13.8 Å². The van der Waals surface area contributed by atoms with E-state index >= 15 is 0 Å². The number of pyridine rings is 1. The predicted octanol–water partition coefficient (Wildman–Crippen LogP) is 4.96. The number of rotatable bonds is 6. The van der Waals surface area contributed by atoms with Crippen LogP contribution in [0.3, 0.4) is 0 Å². The van der Waals surface area contributed by atoms with Gasteiger partial charge in [-0.2, -0.15) is 0 Å². The summed E-state index contributed by atoms with van der Waals surface area (Å²) in [4.78, 5) is 33.8. The molecule has 0 aliphatic heterocycles. The standard InChI is InChI=1S/C26H26N4O3/c1-5-18-10-11-23-20(13-18)21(12-15(2)28-23)25(32)27-14-24-16(3)33-26(30-24)19-8-6-7-9-22(19)29-17(4)31/h6-13H,5,14H2,1-4H3,(H,27,32)(H,29,31). The summed E-state index contributed by atoms with van der Waals surface area (Å²) in [5.74, 6) is 0.622. The molecule has 168 valence electrons. The average molecular weight is 443 g/mol. The first-order valence-corrected chi connectivity index (χ1v) is 10.9. The van der Waals surface area contributed by atoms with Crippen LogP contribution in [0.5, 0.6) is 0 Å². The van der Waals surface area contributed by atoms with Crippen LogP contribution in [0.25, 0.3) is 22.4 Å². The number of hydrogen-bond acceptors (Lipinski definition) is 5. The van der Waals surface area contributed by atoms with Crippen molar-refractivity contribution >= 4 is 28.4 Å². The summed E-state index contributed by atoms with van der Waals surface area (Å²) in [7, 11) is 0. The van der Waals surface area contributed by atoms with E-state index < -0.39 is 0 Å². The Kier molecular flexibility index (Phi) is 6.22. The molecule has 7 heteroatoms. The predicted molar refractivity (Wildman–Crippen MR) is 128 cm³/mol. The summed E-state index contributed by atoms with van der Waals surface area (Å²) in [6.45, 7) is 7.43. The monoisotopic (exact) mass is 442 g/mol. The Hall–Kier alpha value is -4.00. The Morgan fingerprint density at radius 2 is 1.82 bits per heavy atom. The van der Waals surface area contributed by atoms with Gasteiger partial charge in [0.2, 0.25) is 11.8 Å². The van der Waals surface area contributed by atoms with E-state index in [1.165, 1.54) is 6.92 Å². The largest absolute Gasteiger partial charge is 0.441 e. The van der Waals surface area contributed by atoms with E-state index in [1.54, 1.807) is 13.0 Å². The number of oxazole rings is 1. The van der Waals surface area contributed by atoms with Crippen molar-refractivity contribution in [2.45, 2.75) is 40.7 Å². The fourth-order valence-corrected chi connectivity index (χ4v) is 3.75. The van der Waals surface area contributed by atoms with E-state index in [0.29, 0.717) is 34.2 Å². The van der Waals surface area contributed by atoms with Crippen LogP contribution < -0.4 is 10.6 Å². The molecule has 0 aliphatic rings. The third kappa shape index (κ3) is 4.77. The number of fused-ring (bicyclic) bond motifs is 1. The summed E-state index contributed by atoms with van der Waals surface area (Å²) in [6.07, 6.45) is 0.881. The van der Waals surface area contributed by atoms with Crippen LogP contribution in [0.15, 0.2) is 52.9 Å². The lowest BCUT2D eigenvalue weighted by atomic mass is 10.0. The lowest BCUT2D eigenvalue weighted by Gasteiger charge is -2.10. The maximum atomic E-state index is 13.1. The highest BCUT2D eigenvalue weighted by Crippen LogP contribution is 2.29. The summed E-state index contributed by atoms with van der Waals surface area (Å²) >= 11 is 0. The number of benzene rings is 2. The van der Waals surface area contributed by atoms with Crippen LogP contribution >= 0.6 is 0 Å². The normalized spacial score (nSPS) is 10.9. The van der Waals surface area contributed by atoms with E-state index in [1.807, 2.05) is 49.4 Å². The molecule has 0 radical (unpaired) electrons. The number of nitrogens with one attached hydrogen (secondary N) is 2. The van der Waals surface area contributed by atoms with Gasteiger partial charge in [0.05, 0.1) is 28.9 Å². The maximum absolute atomic E-state index is 13.1. The van der Waals surface area contributed by atoms with Crippen molar-refractivity contribution in [2.24, 2.45) is 0 Å². The second-order valence-electron chi connectivity index (χ2n) is 7.95. The van der Waals surface area contributed by atoms with E-state index in [0.717, 1.165) is 28.6 Å². The number of hydrogen-bond donors (Lipinski definition) is 2. The molecule has 4 rings (SSSR count). The van der Waals surface area contributed by atoms with Gasteiger partial charge in [-0.1, -0.05) is 25.1 Å². The van der Waals surface area contributed by atoms with Crippen LogP contribution in [0.4, 0.5) is 5.69 Å². The Morgan fingerprint density at radius 3 is 2.58 bits per heavy atom. The van der Waals surface area contributed by atoms with Crippen molar-refractivity contribution in [3.63, 3.8) is 0 Å². The molecule has 2 heterocycles. The Morgan fingerprint density at radius 1 is 1.03 bits per heavy atom. The van der Waals surface area contributed by atoms with E-state index in [9.17, 15) is 9.59 Å². The molecule has 0 saturated carbocycles. The molecular formula is C26H26N4O3. The molecule has 33 heavy (non-hydrogen) atoms. The number of carbonyl (C=O) groups excluding carboxylic acids is 2. The van der Waals surface area contributed by atoms with Crippen molar-refractivity contribution in [3.05, 3.63) is 76.8 Å². The highest BCUT2D eigenvalue weighted by atomic mass is 16.4. The lowest BCUT2D eigenvalue weighted by molar-refractivity contribution is -0.114. The zero-order chi connectivity index (χ0) is 23.5. The fraction of sp³-hybridized carbons (Fsp3) is 0.231. The van der Waals surface area contributed by atoms with Gasteiger partial charge in [0, 0.05) is 18.0 Å². The molecule has 2 aromatic carbocycles. The molecule has 0 saturated heterocycles. The minimum Gasteiger partial charge on any atom is -0.441 e. The van der Waals surface area contributed by atoms with Crippen molar-refractivity contribution < 1.29 is 14.0 Å². The summed E-state index contributed by atoms with van der Waals surface area (Å²) in [5, 5.41) is 6.59. The van der Waals surface area contributed by atoms with Gasteiger partial charge in [0.1, 0.15) is 11.5 Å². The zero-order valence-electron chi connectivity index (χ0n) is 19.2. The quantitative estimate of drug-likeness (QED) is 0.440. The number of aryl methyl sites for hydroxylation is 3. The molecule has 2 aromatic heterocycles. The van der Waals surface area contributed by atoms with Crippen LogP contribution in [0.2, 0.25) is 0 Å². The fourth-order valence-electron chi connectivity index (χ4n) is 3.75. The van der Waals surface area contributed by atoms with Crippen LogP contribution in [-0.4, -0.2) is 21.8 Å². The molecular weight excluding hydrogens is 416 g/mol. The van der Waals surface area contributed by atoms with Gasteiger partial charge in [-0.3, -0.25) is 14.6 Å². The van der Waals surface area contributed by atoms with Gasteiger partial charge in [-0.25, -0.2) is 4.98 Å². The number of carbonyl (C=O) groups is 2. The first-order valence-electron chi connectivity index (χ1n) is 10.9. The molecule has 7 nitrogen and oxygen atoms in total. The van der Waals surface area contributed by atoms with E-state index in [-0.39, 0.29) is 18.4 Å². The minimum absolute atomic E-state index is 0.177. The molecule has 0 fully saturated rings. The molecule has 0 atom stereocenters. The number of nitrogens with zero attached hydrogens (tertiary/aromatic N) is 2. The number of amides is 2. The first-order chi connectivity index (χ1) is 15.9. The van der Waals surface area contributed by atoms with Gasteiger partial charge in [0.15, 0.2) is 0 Å². The molecule has 0 aliphatic carbocycles. The molecule has 2 N–H and O–H groups in total. The van der Waals surface area contributed by atoms with Crippen LogP contribution in [-0.2, 0) is 17.8 Å². The van der Waals surface area contributed by atoms with Gasteiger partial charge < -0.3 is 15.1 Å². The van der Waals surface area contributed by atoms with Gasteiger partial charge in [-0.15, -0.1) is 0 Å². The summed E-state index contributed by atoms with van der Waals surface area (Å²) < 4.78 is 5.86. The Labute approximate surface area is 192 Å². The highest BCUT2D eigenvalue weighted by molar-refractivity contribution is 6.06.